The number of sulfonamides is 1. The van der Waals surface area contributed by atoms with E-state index in [1.807, 2.05) is 6.92 Å². The summed E-state index contributed by atoms with van der Waals surface area (Å²) in [6, 6.07) is 9.20. The van der Waals surface area contributed by atoms with Gasteiger partial charge in [0.15, 0.2) is 5.71 Å². The lowest BCUT2D eigenvalue weighted by atomic mass is 10.1. The van der Waals surface area contributed by atoms with Crippen molar-refractivity contribution >= 4 is 50.5 Å². The number of nitrogens with one attached hydrogen (secondary N) is 2. The van der Waals surface area contributed by atoms with Crippen LogP contribution in [0.3, 0.4) is 0 Å². The van der Waals surface area contributed by atoms with Gasteiger partial charge in [-0.1, -0.05) is 40.9 Å². The summed E-state index contributed by atoms with van der Waals surface area (Å²) in [7, 11) is -3.89. The molecule has 2 N–H and O–H groups in total. The number of amides is 1. The van der Waals surface area contributed by atoms with Gasteiger partial charge in [-0.25, -0.2) is 0 Å². The van der Waals surface area contributed by atoms with Crippen molar-refractivity contribution in [1.82, 2.24) is 4.83 Å². The monoisotopic (exact) mass is 383 g/mol. The minimum atomic E-state index is -3.89. The van der Waals surface area contributed by atoms with Crippen LogP contribution in [0, 0.1) is 6.92 Å². The van der Waals surface area contributed by atoms with Crippen LogP contribution in [0.5, 0.6) is 0 Å². The van der Waals surface area contributed by atoms with Crippen LogP contribution in [0.2, 0.25) is 10.0 Å². The number of nitrogens with zero attached hydrogens (tertiary/aromatic N) is 1. The van der Waals surface area contributed by atoms with Crippen molar-refractivity contribution in [2.75, 3.05) is 5.32 Å². The van der Waals surface area contributed by atoms with Crippen LogP contribution in [0.25, 0.3) is 0 Å². The highest BCUT2D eigenvalue weighted by Crippen LogP contribution is 2.34. The predicted octanol–water partition coefficient (Wildman–Crippen LogP) is 2.94. The number of fused-ring (bicyclic) bond motifs is 1. The Morgan fingerprint density at radius 2 is 1.79 bits per heavy atom. The fourth-order valence-corrected chi connectivity index (χ4v) is 3.52. The van der Waals surface area contributed by atoms with Gasteiger partial charge in [0.2, 0.25) is 0 Å². The minimum Gasteiger partial charge on any atom is -0.319 e. The van der Waals surface area contributed by atoms with Gasteiger partial charge in [0.25, 0.3) is 15.9 Å². The lowest BCUT2D eigenvalue weighted by Gasteiger charge is -2.05. The highest BCUT2D eigenvalue weighted by Gasteiger charge is 2.29. The van der Waals surface area contributed by atoms with E-state index in [-0.39, 0.29) is 15.6 Å². The number of benzene rings is 2. The minimum absolute atomic E-state index is 0.0419. The second-order valence-electron chi connectivity index (χ2n) is 5.13. The third kappa shape index (κ3) is 3.10. The molecule has 124 valence electrons. The summed E-state index contributed by atoms with van der Waals surface area (Å²) in [6.07, 6.45) is 0. The fraction of sp³-hybridized carbons (Fsp3) is 0.0667. The lowest BCUT2D eigenvalue weighted by Crippen LogP contribution is -2.23. The zero-order chi connectivity index (χ0) is 17.5. The Morgan fingerprint density at radius 1 is 1.12 bits per heavy atom. The zero-order valence-corrected chi connectivity index (χ0v) is 14.6. The molecule has 0 radical (unpaired) electrons. The Balaban J connectivity index is 1.96. The lowest BCUT2D eigenvalue weighted by molar-refractivity contribution is -0.110. The van der Waals surface area contributed by atoms with Crippen molar-refractivity contribution in [1.29, 1.82) is 0 Å². The Labute approximate surface area is 148 Å². The topological polar surface area (TPSA) is 87.6 Å². The summed E-state index contributed by atoms with van der Waals surface area (Å²) < 4.78 is 24.5. The second-order valence-corrected chi connectivity index (χ2v) is 7.64. The zero-order valence-electron chi connectivity index (χ0n) is 12.3. The van der Waals surface area contributed by atoms with E-state index in [1.165, 1.54) is 24.3 Å². The van der Waals surface area contributed by atoms with Gasteiger partial charge in [0.05, 0.1) is 15.6 Å². The molecule has 0 fully saturated rings. The van der Waals surface area contributed by atoms with Gasteiger partial charge < -0.3 is 5.32 Å². The first-order valence-electron chi connectivity index (χ1n) is 6.75. The first kappa shape index (κ1) is 16.8. The number of halogens is 2. The summed E-state index contributed by atoms with van der Waals surface area (Å²) in [5.41, 5.74) is 1.50. The van der Waals surface area contributed by atoms with Crippen LogP contribution in [-0.2, 0) is 14.8 Å². The van der Waals surface area contributed by atoms with Crippen LogP contribution < -0.4 is 10.1 Å². The van der Waals surface area contributed by atoms with Gasteiger partial charge in [-0.05, 0) is 31.2 Å². The van der Waals surface area contributed by atoms with E-state index in [0.29, 0.717) is 16.3 Å². The van der Waals surface area contributed by atoms with Crippen LogP contribution in [0.1, 0.15) is 11.1 Å². The molecular weight excluding hydrogens is 373 g/mol. The summed E-state index contributed by atoms with van der Waals surface area (Å²) in [4.78, 5) is 14.1. The number of hydrogen-bond donors (Lipinski definition) is 2. The second kappa shape index (κ2) is 6.08. The SMILES string of the molecule is Cc1ccc(S(=O)(=O)N/N=C2\C(=O)Nc3c(Cl)cc(Cl)cc32)cc1. The molecule has 0 saturated heterocycles. The number of carbonyl (C=O) groups excluding carboxylic acids is 1. The van der Waals surface area contributed by atoms with E-state index in [9.17, 15) is 13.2 Å². The van der Waals surface area contributed by atoms with Crippen molar-refractivity contribution < 1.29 is 13.2 Å². The summed E-state index contributed by atoms with van der Waals surface area (Å²) >= 11 is 11.9. The smallest absolute Gasteiger partial charge is 0.276 e. The maximum absolute atomic E-state index is 12.3. The molecule has 0 bridgehead atoms. The van der Waals surface area contributed by atoms with Crippen LogP contribution in [-0.4, -0.2) is 20.0 Å². The Bertz CT molecular complexity index is 970. The largest absolute Gasteiger partial charge is 0.319 e. The van der Waals surface area contributed by atoms with Crippen molar-refractivity contribution in [3.05, 3.63) is 57.6 Å². The molecule has 9 heteroatoms. The number of carbonyl (C=O) groups is 1. The molecule has 0 atom stereocenters. The number of hydrazone groups is 1. The standard InChI is InChI=1S/C15H11Cl2N3O3S/c1-8-2-4-10(5-3-8)24(22,23)20-19-14-11-6-9(16)7-12(17)13(11)18-15(14)21/h2-7,20H,1H3,(H,18,19,21). The molecule has 6 nitrogen and oxygen atoms in total. The van der Waals surface area contributed by atoms with E-state index in [1.54, 1.807) is 12.1 Å². The maximum Gasteiger partial charge on any atom is 0.276 e. The molecule has 1 aliphatic heterocycles. The van der Waals surface area contributed by atoms with Crippen molar-refractivity contribution in [3.63, 3.8) is 0 Å². The molecule has 0 aliphatic carbocycles. The normalized spacial score (nSPS) is 15.3. The average Bonchev–Trinajstić information content (AvgIpc) is 2.82. The Hall–Kier alpha value is -2.09. The molecule has 1 heterocycles. The first-order valence-corrected chi connectivity index (χ1v) is 8.99. The first-order chi connectivity index (χ1) is 11.3. The van der Waals surface area contributed by atoms with Crippen LogP contribution in [0.4, 0.5) is 5.69 Å². The van der Waals surface area contributed by atoms with Gasteiger partial charge >= 0.3 is 0 Å². The van der Waals surface area contributed by atoms with Gasteiger partial charge in [0.1, 0.15) is 0 Å². The summed E-state index contributed by atoms with van der Waals surface area (Å²) in [5.74, 6) is -0.569. The van der Waals surface area contributed by atoms with Crippen LogP contribution in [0.15, 0.2) is 46.4 Å². The molecule has 1 aliphatic rings. The molecule has 2 aromatic carbocycles. The van der Waals surface area contributed by atoms with E-state index in [0.717, 1.165) is 5.56 Å². The Kier molecular flexibility index (Phi) is 4.25. The molecule has 24 heavy (non-hydrogen) atoms. The van der Waals surface area contributed by atoms with E-state index >= 15 is 0 Å². The number of aryl methyl sites for hydroxylation is 1. The van der Waals surface area contributed by atoms with Gasteiger partial charge in [-0.3, -0.25) is 4.79 Å². The third-order valence-electron chi connectivity index (χ3n) is 3.37. The maximum atomic E-state index is 12.3. The number of anilines is 1. The van der Waals surface area contributed by atoms with Crippen molar-refractivity contribution in [3.8, 4) is 0 Å². The quantitative estimate of drug-likeness (QED) is 0.798. The van der Waals surface area contributed by atoms with Crippen LogP contribution >= 0.6 is 23.2 Å². The fourth-order valence-electron chi connectivity index (χ4n) is 2.17. The molecule has 0 saturated carbocycles. The van der Waals surface area contributed by atoms with E-state index in [4.69, 9.17) is 23.2 Å². The van der Waals surface area contributed by atoms with Gasteiger partial charge in [-0.15, -0.1) is 0 Å². The molecule has 0 aromatic heterocycles. The van der Waals surface area contributed by atoms with E-state index in [2.05, 4.69) is 15.2 Å². The molecular formula is C15H11Cl2N3O3S. The highest BCUT2D eigenvalue weighted by molar-refractivity contribution is 7.89. The molecule has 2 aromatic rings. The number of hydrogen-bond acceptors (Lipinski definition) is 4. The van der Waals surface area contributed by atoms with Gasteiger partial charge in [-0.2, -0.15) is 18.4 Å². The summed E-state index contributed by atoms with van der Waals surface area (Å²) in [5, 5.41) is 6.84. The molecule has 1 amide bonds. The number of rotatable bonds is 3. The van der Waals surface area contributed by atoms with Crippen molar-refractivity contribution in [2.24, 2.45) is 5.10 Å². The Morgan fingerprint density at radius 3 is 2.46 bits per heavy atom. The van der Waals surface area contributed by atoms with Gasteiger partial charge in [0, 0.05) is 10.6 Å². The summed E-state index contributed by atoms with van der Waals surface area (Å²) in [6.45, 7) is 1.84. The molecule has 3 rings (SSSR count). The predicted molar refractivity (Wildman–Crippen MR) is 93.1 cm³/mol. The highest BCUT2D eigenvalue weighted by atomic mass is 35.5. The third-order valence-corrected chi connectivity index (χ3v) is 5.11. The molecule has 0 unspecified atom stereocenters. The average molecular weight is 384 g/mol. The van der Waals surface area contributed by atoms with Crippen molar-refractivity contribution in [2.45, 2.75) is 11.8 Å². The molecule has 0 spiro atoms. The van der Waals surface area contributed by atoms with E-state index < -0.39 is 15.9 Å².